The van der Waals surface area contributed by atoms with Crippen LogP contribution in [-0.4, -0.2) is 70.0 Å². The highest BCUT2D eigenvalue weighted by Gasteiger charge is 2.35. The molecule has 0 aromatic heterocycles. The number of halogens is 2. The Morgan fingerprint density at radius 1 is 1.25 bits per heavy atom. The molecule has 24 heavy (non-hydrogen) atoms. The van der Waals surface area contributed by atoms with Gasteiger partial charge >= 0.3 is 0 Å². The van der Waals surface area contributed by atoms with Gasteiger partial charge in [0.15, 0.2) is 0 Å². The third-order valence-corrected chi connectivity index (χ3v) is 4.90. The fourth-order valence-electron chi connectivity index (χ4n) is 3.59. The summed E-state index contributed by atoms with van der Waals surface area (Å²) in [5, 5.41) is 3.07. The quantitative estimate of drug-likeness (QED) is 0.688. The number of nitrogens with zero attached hydrogens (tertiary/aromatic N) is 1. The second-order valence-corrected chi connectivity index (χ2v) is 6.73. The van der Waals surface area contributed by atoms with E-state index in [9.17, 15) is 4.79 Å². The van der Waals surface area contributed by atoms with Gasteiger partial charge in [-0.2, -0.15) is 0 Å². The minimum absolute atomic E-state index is 0. The predicted molar refractivity (Wildman–Crippen MR) is 100 cm³/mol. The van der Waals surface area contributed by atoms with E-state index in [4.69, 9.17) is 15.2 Å². The van der Waals surface area contributed by atoms with E-state index in [1.54, 1.807) is 7.11 Å². The molecule has 2 rings (SSSR count). The maximum absolute atomic E-state index is 12.1. The molecule has 0 bridgehead atoms. The average Bonchev–Trinajstić information content (AvgIpc) is 2.55. The van der Waals surface area contributed by atoms with Crippen LogP contribution < -0.4 is 11.1 Å². The van der Waals surface area contributed by atoms with Crippen LogP contribution in [0.5, 0.6) is 0 Å². The Morgan fingerprint density at radius 2 is 1.88 bits per heavy atom. The van der Waals surface area contributed by atoms with Gasteiger partial charge in [0.05, 0.1) is 19.8 Å². The summed E-state index contributed by atoms with van der Waals surface area (Å²) in [6.45, 7) is 5.68. The Labute approximate surface area is 158 Å². The molecule has 1 saturated carbocycles. The number of hydrogen-bond donors (Lipinski definition) is 2. The standard InChI is InChI=1S/C16H31N3O3.2ClH/c1-21-11-14(17)15(20)18-12-16(5-3-2-4-6-16)13-19-7-9-22-10-8-19;;/h14H,2-13,17H2,1H3,(H,18,20);2*1H. The molecule has 8 heteroatoms. The molecule has 0 radical (unpaired) electrons. The van der Waals surface area contributed by atoms with Crippen molar-refractivity contribution in [2.45, 2.75) is 38.1 Å². The third-order valence-electron chi connectivity index (χ3n) is 4.90. The lowest BCUT2D eigenvalue weighted by molar-refractivity contribution is -0.124. The van der Waals surface area contributed by atoms with Crippen LogP contribution in [-0.2, 0) is 14.3 Å². The van der Waals surface area contributed by atoms with Gasteiger partial charge in [-0.05, 0) is 12.8 Å². The topological polar surface area (TPSA) is 76.8 Å². The summed E-state index contributed by atoms with van der Waals surface area (Å²) >= 11 is 0. The van der Waals surface area contributed by atoms with Crippen LogP contribution in [0.1, 0.15) is 32.1 Å². The Morgan fingerprint density at radius 3 is 2.46 bits per heavy atom. The van der Waals surface area contributed by atoms with Crippen LogP contribution in [0, 0.1) is 5.41 Å². The lowest BCUT2D eigenvalue weighted by atomic mass is 9.73. The molecule has 3 N–H and O–H groups in total. The van der Waals surface area contributed by atoms with Crippen molar-refractivity contribution in [3.05, 3.63) is 0 Å². The van der Waals surface area contributed by atoms with E-state index in [1.807, 2.05) is 0 Å². The van der Waals surface area contributed by atoms with Crippen LogP contribution in [0.4, 0.5) is 0 Å². The molecule has 2 aliphatic rings. The molecule has 1 aliphatic carbocycles. The molecule has 1 unspecified atom stereocenters. The van der Waals surface area contributed by atoms with Gasteiger partial charge in [0, 0.05) is 38.7 Å². The van der Waals surface area contributed by atoms with Crippen molar-refractivity contribution in [1.29, 1.82) is 0 Å². The van der Waals surface area contributed by atoms with Gasteiger partial charge in [-0.25, -0.2) is 0 Å². The zero-order valence-corrected chi connectivity index (χ0v) is 16.3. The van der Waals surface area contributed by atoms with E-state index in [0.29, 0.717) is 0 Å². The zero-order valence-electron chi connectivity index (χ0n) is 14.6. The summed E-state index contributed by atoms with van der Waals surface area (Å²) < 4.78 is 10.4. The van der Waals surface area contributed by atoms with E-state index in [0.717, 1.165) is 39.4 Å². The third kappa shape index (κ3) is 7.42. The van der Waals surface area contributed by atoms with Crippen LogP contribution in [0.3, 0.4) is 0 Å². The van der Waals surface area contributed by atoms with Crippen molar-refractivity contribution in [3.8, 4) is 0 Å². The van der Waals surface area contributed by atoms with Gasteiger partial charge in [-0.3, -0.25) is 9.69 Å². The minimum atomic E-state index is -0.575. The van der Waals surface area contributed by atoms with Crippen molar-refractivity contribution in [1.82, 2.24) is 10.2 Å². The highest BCUT2D eigenvalue weighted by Crippen LogP contribution is 2.36. The molecule has 144 valence electrons. The molecule has 1 atom stereocenters. The minimum Gasteiger partial charge on any atom is -0.383 e. The Balaban J connectivity index is 0.00000264. The summed E-state index contributed by atoms with van der Waals surface area (Å²) in [6, 6.07) is -0.575. The smallest absolute Gasteiger partial charge is 0.239 e. The van der Waals surface area contributed by atoms with Gasteiger partial charge in [-0.15, -0.1) is 24.8 Å². The SMILES string of the molecule is COCC(N)C(=O)NCC1(CN2CCOCC2)CCCCC1.Cl.Cl. The molecule has 6 nitrogen and oxygen atoms in total. The van der Waals surface area contributed by atoms with E-state index in [1.165, 1.54) is 32.1 Å². The maximum atomic E-state index is 12.1. The Bertz CT molecular complexity index is 349. The number of amides is 1. The number of carbonyl (C=O) groups is 1. The molecule has 1 aliphatic heterocycles. The van der Waals surface area contributed by atoms with Gasteiger partial charge < -0.3 is 20.5 Å². The number of carbonyl (C=O) groups excluding carboxylic acids is 1. The summed E-state index contributed by atoms with van der Waals surface area (Å²) in [6.07, 6.45) is 6.19. The highest BCUT2D eigenvalue weighted by atomic mass is 35.5. The fraction of sp³-hybridized carbons (Fsp3) is 0.938. The van der Waals surface area contributed by atoms with E-state index < -0.39 is 6.04 Å². The normalized spacial score (nSPS) is 21.9. The zero-order chi connectivity index (χ0) is 15.8. The first kappa shape index (κ1) is 23.9. The maximum Gasteiger partial charge on any atom is 0.239 e. The van der Waals surface area contributed by atoms with Crippen LogP contribution >= 0.6 is 24.8 Å². The number of nitrogens with two attached hydrogens (primary N) is 1. The van der Waals surface area contributed by atoms with Gasteiger partial charge in [0.2, 0.25) is 5.91 Å². The lowest BCUT2D eigenvalue weighted by Crippen LogP contribution is -2.52. The predicted octanol–water partition coefficient (Wildman–Crippen LogP) is 1.20. The largest absolute Gasteiger partial charge is 0.383 e. The van der Waals surface area contributed by atoms with Crippen molar-refractivity contribution in [2.75, 3.05) is 53.1 Å². The molecule has 1 heterocycles. The summed E-state index contributed by atoms with van der Waals surface area (Å²) in [5.74, 6) is -0.103. The molecule has 2 fully saturated rings. The number of morpholine rings is 1. The Kier molecular flexibility index (Phi) is 12.2. The number of nitrogens with one attached hydrogen (secondary N) is 1. The highest BCUT2D eigenvalue weighted by molar-refractivity contribution is 5.85. The number of rotatable bonds is 7. The van der Waals surface area contributed by atoms with E-state index in [-0.39, 0.29) is 42.7 Å². The van der Waals surface area contributed by atoms with E-state index in [2.05, 4.69) is 10.2 Å². The number of methoxy groups -OCH3 is 1. The van der Waals surface area contributed by atoms with Gasteiger partial charge in [0.25, 0.3) is 0 Å². The molecule has 1 amide bonds. The van der Waals surface area contributed by atoms with Gasteiger partial charge in [-0.1, -0.05) is 19.3 Å². The van der Waals surface area contributed by atoms with Crippen LogP contribution in [0.15, 0.2) is 0 Å². The number of ether oxygens (including phenoxy) is 2. The summed E-state index contributed by atoms with van der Waals surface area (Å²) in [7, 11) is 1.56. The number of hydrogen-bond acceptors (Lipinski definition) is 5. The van der Waals surface area contributed by atoms with Crippen molar-refractivity contribution < 1.29 is 14.3 Å². The molecular formula is C16H33Cl2N3O3. The van der Waals surface area contributed by atoms with Crippen LogP contribution in [0.2, 0.25) is 0 Å². The van der Waals surface area contributed by atoms with Crippen molar-refractivity contribution in [2.24, 2.45) is 11.1 Å². The Hall–Kier alpha value is -0.110. The van der Waals surface area contributed by atoms with Crippen molar-refractivity contribution >= 4 is 30.7 Å². The molecule has 1 saturated heterocycles. The van der Waals surface area contributed by atoms with Crippen molar-refractivity contribution in [3.63, 3.8) is 0 Å². The first-order chi connectivity index (χ1) is 10.7. The summed E-state index contributed by atoms with van der Waals surface area (Å²) in [4.78, 5) is 14.5. The van der Waals surface area contributed by atoms with Crippen LogP contribution in [0.25, 0.3) is 0 Å². The monoisotopic (exact) mass is 385 g/mol. The van der Waals surface area contributed by atoms with E-state index >= 15 is 0 Å². The molecular weight excluding hydrogens is 353 g/mol. The molecule has 0 aromatic carbocycles. The lowest BCUT2D eigenvalue weighted by Gasteiger charge is -2.42. The molecule has 0 spiro atoms. The first-order valence-corrected chi connectivity index (χ1v) is 8.48. The first-order valence-electron chi connectivity index (χ1n) is 8.48. The fourth-order valence-corrected chi connectivity index (χ4v) is 3.59. The second kappa shape index (κ2) is 12.3. The molecule has 0 aromatic rings. The van der Waals surface area contributed by atoms with Gasteiger partial charge in [0.1, 0.15) is 6.04 Å². The average molecular weight is 386 g/mol. The second-order valence-electron chi connectivity index (χ2n) is 6.73. The summed E-state index contributed by atoms with van der Waals surface area (Å²) in [5.41, 5.74) is 6.00.